The third-order valence-corrected chi connectivity index (χ3v) is 4.15. The molecule has 3 atom stereocenters. The molecule has 1 saturated carbocycles. The van der Waals surface area contributed by atoms with Crippen molar-refractivity contribution in [3.63, 3.8) is 0 Å². The molecular formula is C13H23N3. The van der Waals surface area contributed by atoms with E-state index in [-0.39, 0.29) is 0 Å². The van der Waals surface area contributed by atoms with Crippen molar-refractivity contribution in [2.75, 3.05) is 13.1 Å². The van der Waals surface area contributed by atoms with Gasteiger partial charge in [0, 0.05) is 12.6 Å². The van der Waals surface area contributed by atoms with Gasteiger partial charge in [-0.05, 0) is 45.1 Å². The van der Waals surface area contributed by atoms with Crippen LogP contribution in [-0.2, 0) is 0 Å². The minimum atomic E-state index is -0.681. The van der Waals surface area contributed by atoms with Gasteiger partial charge < -0.3 is 5.73 Å². The molecule has 3 nitrogen and oxygen atoms in total. The predicted molar refractivity (Wildman–Crippen MR) is 64.8 cm³/mol. The molecule has 3 unspecified atom stereocenters. The van der Waals surface area contributed by atoms with E-state index in [0.717, 1.165) is 19.0 Å². The largest absolute Gasteiger partial charge is 0.313 e. The zero-order valence-corrected chi connectivity index (χ0v) is 10.3. The van der Waals surface area contributed by atoms with E-state index in [9.17, 15) is 0 Å². The van der Waals surface area contributed by atoms with Gasteiger partial charge in [-0.1, -0.05) is 12.8 Å². The maximum absolute atomic E-state index is 9.02. The summed E-state index contributed by atoms with van der Waals surface area (Å²) in [7, 11) is 0. The predicted octanol–water partition coefficient (Wildman–Crippen LogP) is 1.88. The maximum atomic E-state index is 9.02. The zero-order valence-electron chi connectivity index (χ0n) is 10.3. The number of hydrogen-bond donors (Lipinski definition) is 1. The van der Waals surface area contributed by atoms with Gasteiger partial charge >= 0.3 is 0 Å². The average Bonchev–Trinajstić information content (AvgIpc) is 2.29. The molecule has 0 radical (unpaired) electrons. The number of nitriles is 1. The molecule has 0 aromatic carbocycles. The Balaban J connectivity index is 2.00. The molecule has 3 heteroatoms. The van der Waals surface area contributed by atoms with Crippen molar-refractivity contribution in [3.05, 3.63) is 0 Å². The van der Waals surface area contributed by atoms with E-state index < -0.39 is 5.54 Å². The monoisotopic (exact) mass is 221 g/mol. The molecule has 0 spiro atoms. The maximum Gasteiger partial charge on any atom is 0.114 e. The van der Waals surface area contributed by atoms with Crippen molar-refractivity contribution in [1.82, 2.24) is 4.90 Å². The molecule has 2 aliphatic rings. The fraction of sp³-hybridized carbons (Fsp3) is 0.923. The number of nitrogens with zero attached hydrogens (tertiary/aromatic N) is 2. The van der Waals surface area contributed by atoms with E-state index >= 15 is 0 Å². The summed E-state index contributed by atoms with van der Waals surface area (Å²) in [5.41, 5.74) is 5.28. The quantitative estimate of drug-likeness (QED) is 0.774. The van der Waals surface area contributed by atoms with Crippen molar-refractivity contribution in [1.29, 1.82) is 5.26 Å². The number of piperidine rings is 1. The van der Waals surface area contributed by atoms with Crippen LogP contribution < -0.4 is 5.73 Å². The van der Waals surface area contributed by atoms with Crippen LogP contribution in [0.4, 0.5) is 0 Å². The van der Waals surface area contributed by atoms with Gasteiger partial charge in [0.1, 0.15) is 5.54 Å². The number of fused-ring (bicyclic) bond motifs is 1. The van der Waals surface area contributed by atoms with Crippen LogP contribution in [0, 0.1) is 17.2 Å². The van der Waals surface area contributed by atoms with E-state index in [2.05, 4.69) is 11.0 Å². The second-order valence-electron chi connectivity index (χ2n) is 5.75. The lowest BCUT2D eigenvalue weighted by Crippen LogP contribution is -2.54. The summed E-state index contributed by atoms with van der Waals surface area (Å²) in [5, 5.41) is 9.02. The Hall–Kier alpha value is -0.590. The summed E-state index contributed by atoms with van der Waals surface area (Å²) in [4.78, 5) is 2.48. The molecule has 2 rings (SSSR count). The van der Waals surface area contributed by atoms with Crippen LogP contribution in [0.5, 0.6) is 0 Å². The minimum Gasteiger partial charge on any atom is -0.313 e. The molecule has 1 aliphatic carbocycles. The highest BCUT2D eigenvalue weighted by Crippen LogP contribution is 2.35. The highest BCUT2D eigenvalue weighted by molar-refractivity contribution is 5.04. The first-order valence-corrected chi connectivity index (χ1v) is 6.56. The van der Waals surface area contributed by atoms with Crippen LogP contribution >= 0.6 is 0 Å². The fourth-order valence-electron chi connectivity index (χ4n) is 3.38. The van der Waals surface area contributed by atoms with Gasteiger partial charge in [-0.3, -0.25) is 4.90 Å². The second kappa shape index (κ2) is 4.73. The third-order valence-electron chi connectivity index (χ3n) is 4.15. The summed E-state index contributed by atoms with van der Waals surface area (Å²) >= 11 is 0. The SMILES string of the molecule is CC(N)(C#N)CN1CCCC2CCCCC21. The van der Waals surface area contributed by atoms with Crippen LogP contribution in [0.3, 0.4) is 0 Å². The first-order chi connectivity index (χ1) is 7.62. The van der Waals surface area contributed by atoms with Gasteiger partial charge in [0.15, 0.2) is 0 Å². The van der Waals surface area contributed by atoms with E-state index in [1.807, 2.05) is 6.92 Å². The first kappa shape index (κ1) is 11.9. The standard InChI is InChI=1S/C13H23N3/c1-13(15,9-14)10-16-8-4-6-11-5-2-3-7-12(11)16/h11-12H,2-8,10,15H2,1H3. The van der Waals surface area contributed by atoms with Crippen molar-refractivity contribution in [2.24, 2.45) is 11.7 Å². The summed E-state index contributed by atoms with van der Waals surface area (Å²) in [6, 6.07) is 2.93. The average molecular weight is 221 g/mol. The normalized spacial score (nSPS) is 34.8. The van der Waals surface area contributed by atoms with Crippen LogP contribution in [0.25, 0.3) is 0 Å². The molecule has 0 amide bonds. The summed E-state index contributed by atoms with van der Waals surface area (Å²) < 4.78 is 0. The minimum absolute atomic E-state index is 0.681. The smallest absolute Gasteiger partial charge is 0.114 e. The molecule has 1 heterocycles. The molecule has 0 bridgehead atoms. The third kappa shape index (κ3) is 2.56. The molecule has 0 aromatic rings. The van der Waals surface area contributed by atoms with Gasteiger partial charge in [0.2, 0.25) is 0 Å². The Bertz CT molecular complexity index is 277. The number of hydrogen-bond acceptors (Lipinski definition) is 3. The van der Waals surface area contributed by atoms with Crippen molar-refractivity contribution in [2.45, 2.75) is 57.0 Å². The molecule has 90 valence electrons. The molecule has 1 saturated heterocycles. The van der Waals surface area contributed by atoms with E-state index in [1.165, 1.54) is 38.5 Å². The molecule has 2 fully saturated rings. The number of nitrogens with two attached hydrogens (primary N) is 1. The molecule has 16 heavy (non-hydrogen) atoms. The topological polar surface area (TPSA) is 53.1 Å². The van der Waals surface area contributed by atoms with Gasteiger partial charge in [-0.15, -0.1) is 0 Å². The lowest BCUT2D eigenvalue weighted by molar-refractivity contribution is 0.0513. The second-order valence-corrected chi connectivity index (χ2v) is 5.75. The van der Waals surface area contributed by atoms with Gasteiger partial charge in [-0.2, -0.15) is 5.26 Å². The molecule has 2 N–H and O–H groups in total. The van der Waals surface area contributed by atoms with Crippen molar-refractivity contribution < 1.29 is 0 Å². The summed E-state index contributed by atoms with van der Waals surface area (Å²) in [6.45, 7) is 3.72. The molecular weight excluding hydrogens is 198 g/mol. The Labute approximate surface area is 98.6 Å². The van der Waals surface area contributed by atoms with Crippen LogP contribution in [-0.4, -0.2) is 29.6 Å². The van der Waals surface area contributed by atoms with Crippen molar-refractivity contribution in [3.8, 4) is 6.07 Å². The van der Waals surface area contributed by atoms with Gasteiger partial charge in [0.25, 0.3) is 0 Å². The van der Waals surface area contributed by atoms with E-state index in [1.54, 1.807) is 0 Å². The fourth-order valence-corrected chi connectivity index (χ4v) is 3.38. The van der Waals surface area contributed by atoms with Gasteiger partial charge in [-0.25, -0.2) is 0 Å². The Morgan fingerprint density at radius 3 is 2.75 bits per heavy atom. The lowest BCUT2D eigenvalue weighted by atomic mass is 9.78. The highest BCUT2D eigenvalue weighted by atomic mass is 15.2. The Morgan fingerprint density at radius 2 is 2.00 bits per heavy atom. The first-order valence-electron chi connectivity index (χ1n) is 6.56. The van der Waals surface area contributed by atoms with Crippen molar-refractivity contribution >= 4 is 0 Å². The van der Waals surface area contributed by atoms with Crippen LogP contribution in [0.2, 0.25) is 0 Å². The number of likely N-dealkylation sites (tertiary alicyclic amines) is 1. The van der Waals surface area contributed by atoms with Crippen LogP contribution in [0.1, 0.15) is 45.4 Å². The van der Waals surface area contributed by atoms with E-state index in [0.29, 0.717) is 6.04 Å². The molecule has 1 aliphatic heterocycles. The molecule has 0 aromatic heterocycles. The van der Waals surface area contributed by atoms with Gasteiger partial charge in [0.05, 0.1) is 6.07 Å². The summed E-state index contributed by atoms with van der Waals surface area (Å²) in [5.74, 6) is 0.872. The Kier molecular flexibility index (Phi) is 3.51. The summed E-state index contributed by atoms with van der Waals surface area (Å²) in [6.07, 6.45) is 8.11. The zero-order chi connectivity index (χ0) is 11.6. The van der Waals surface area contributed by atoms with E-state index in [4.69, 9.17) is 11.0 Å². The van der Waals surface area contributed by atoms with Crippen LogP contribution in [0.15, 0.2) is 0 Å². The Morgan fingerprint density at radius 1 is 1.31 bits per heavy atom. The highest BCUT2D eigenvalue weighted by Gasteiger charge is 2.35. The number of rotatable bonds is 2. The lowest BCUT2D eigenvalue weighted by Gasteiger charge is -2.45.